The van der Waals surface area contributed by atoms with Crippen molar-refractivity contribution in [3.8, 4) is 17.2 Å². The minimum absolute atomic E-state index is 0.298. The third-order valence-electron chi connectivity index (χ3n) is 5.85. The van der Waals surface area contributed by atoms with E-state index in [-0.39, 0.29) is 0 Å². The number of benzene rings is 1. The fourth-order valence-corrected chi connectivity index (χ4v) is 4.23. The standard InChI is InChI=1S/C23H18ClF2N7/c24-20-13-16(5-8-28-20)32-10-6-23(14-27,7-11-32)30-22-29-21-17(2-1-9-33(21)31-22)15-3-4-18(25)19(26)12-15/h1-5,8-9,12-13H,6-7,10-11H2,(H,30,31). The predicted molar refractivity (Wildman–Crippen MR) is 121 cm³/mol. The van der Waals surface area contributed by atoms with E-state index >= 15 is 0 Å². The van der Waals surface area contributed by atoms with E-state index in [1.54, 1.807) is 35.1 Å². The number of fused-ring (bicyclic) bond motifs is 1. The Balaban J connectivity index is 1.39. The monoisotopic (exact) mass is 465 g/mol. The molecule has 0 amide bonds. The van der Waals surface area contributed by atoms with E-state index in [9.17, 15) is 14.0 Å². The van der Waals surface area contributed by atoms with Crippen LogP contribution in [0.1, 0.15) is 12.8 Å². The Kier molecular flexibility index (Phi) is 5.30. The molecule has 4 heterocycles. The van der Waals surface area contributed by atoms with Gasteiger partial charge in [-0.15, -0.1) is 5.10 Å². The summed E-state index contributed by atoms with van der Waals surface area (Å²) in [7, 11) is 0. The summed E-state index contributed by atoms with van der Waals surface area (Å²) in [4.78, 5) is 10.7. The normalized spacial score (nSPS) is 15.4. The van der Waals surface area contributed by atoms with E-state index in [0.29, 0.717) is 53.8 Å². The highest BCUT2D eigenvalue weighted by atomic mass is 35.5. The summed E-state index contributed by atoms with van der Waals surface area (Å²) in [5, 5.41) is 18.1. The second-order valence-corrected chi connectivity index (χ2v) is 8.28. The Morgan fingerprint density at radius 2 is 1.91 bits per heavy atom. The minimum atomic E-state index is -0.932. The number of aromatic nitrogens is 4. The van der Waals surface area contributed by atoms with Crippen LogP contribution in [0, 0.1) is 23.0 Å². The summed E-state index contributed by atoms with van der Waals surface area (Å²) in [5.74, 6) is -1.55. The first-order valence-corrected chi connectivity index (χ1v) is 10.7. The van der Waals surface area contributed by atoms with Gasteiger partial charge in [-0.2, -0.15) is 10.2 Å². The first kappa shape index (κ1) is 21.1. The quantitative estimate of drug-likeness (QED) is 0.440. The molecule has 1 aliphatic rings. The number of nitriles is 1. The summed E-state index contributed by atoms with van der Waals surface area (Å²) in [6.07, 6.45) is 4.48. The van der Waals surface area contributed by atoms with E-state index < -0.39 is 17.2 Å². The predicted octanol–water partition coefficient (Wildman–Crippen LogP) is 4.70. The number of anilines is 2. The van der Waals surface area contributed by atoms with Crippen LogP contribution in [0.2, 0.25) is 5.15 Å². The molecule has 166 valence electrons. The van der Waals surface area contributed by atoms with E-state index in [0.717, 1.165) is 17.8 Å². The molecule has 4 aromatic rings. The fourth-order valence-electron chi connectivity index (χ4n) is 4.06. The molecule has 33 heavy (non-hydrogen) atoms. The smallest absolute Gasteiger partial charge is 0.244 e. The highest BCUT2D eigenvalue weighted by molar-refractivity contribution is 6.29. The molecule has 0 unspecified atom stereocenters. The first-order valence-electron chi connectivity index (χ1n) is 10.3. The molecule has 1 fully saturated rings. The third-order valence-corrected chi connectivity index (χ3v) is 6.06. The Morgan fingerprint density at radius 3 is 2.64 bits per heavy atom. The average molecular weight is 466 g/mol. The molecule has 5 rings (SSSR count). The van der Waals surface area contributed by atoms with E-state index in [2.05, 4.69) is 31.4 Å². The number of nitrogens with one attached hydrogen (secondary N) is 1. The molecule has 0 bridgehead atoms. The highest BCUT2D eigenvalue weighted by Gasteiger charge is 2.36. The topological polar surface area (TPSA) is 82.1 Å². The Hall–Kier alpha value is -3.77. The molecule has 3 aromatic heterocycles. The van der Waals surface area contributed by atoms with E-state index in [4.69, 9.17) is 11.6 Å². The maximum Gasteiger partial charge on any atom is 0.244 e. The lowest BCUT2D eigenvalue weighted by Gasteiger charge is -2.38. The van der Waals surface area contributed by atoms with Crippen molar-refractivity contribution in [1.82, 2.24) is 19.6 Å². The summed E-state index contributed by atoms with van der Waals surface area (Å²) in [5.41, 5.74) is 1.69. The zero-order chi connectivity index (χ0) is 23.0. The van der Waals surface area contributed by atoms with Crippen molar-refractivity contribution in [3.63, 3.8) is 0 Å². The molecule has 1 saturated heterocycles. The molecular weight excluding hydrogens is 448 g/mol. The lowest BCUT2D eigenvalue weighted by Crippen LogP contribution is -2.48. The number of hydrogen-bond donors (Lipinski definition) is 1. The van der Waals surface area contributed by atoms with Gasteiger partial charge in [-0.05, 0) is 42.0 Å². The zero-order valence-corrected chi connectivity index (χ0v) is 18.1. The molecule has 0 spiro atoms. The number of pyridine rings is 2. The van der Waals surface area contributed by atoms with Gasteiger partial charge in [-0.1, -0.05) is 17.7 Å². The molecule has 1 aromatic carbocycles. The van der Waals surface area contributed by atoms with Crippen LogP contribution in [0.4, 0.5) is 20.4 Å². The van der Waals surface area contributed by atoms with Gasteiger partial charge < -0.3 is 10.2 Å². The summed E-state index contributed by atoms with van der Waals surface area (Å²) in [6, 6.07) is 13.3. The van der Waals surface area contributed by atoms with Crippen molar-refractivity contribution in [1.29, 1.82) is 5.26 Å². The van der Waals surface area contributed by atoms with Gasteiger partial charge in [0, 0.05) is 49.6 Å². The van der Waals surface area contributed by atoms with Crippen LogP contribution in [0.25, 0.3) is 16.8 Å². The highest BCUT2D eigenvalue weighted by Crippen LogP contribution is 2.31. The lowest BCUT2D eigenvalue weighted by atomic mass is 9.89. The minimum Gasteiger partial charge on any atom is -0.371 e. The Bertz CT molecular complexity index is 1370. The SMILES string of the molecule is N#CC1(Nc2nc3c(-c4ccc(F)c(F)c4)cccn3n2)CCN(c2ccnc(Cl)c2)CC1. The molecule has 1 aliphatic heterocycles. The van der Waals surface area contributed by atoms with Crippen molar-refractivity contribution < 1.29 is 8.78 Å². The summed E-state index contributed by atoms with van der Waals surface area (Å²) < 4.78 is 28.7. The van der Waals surface area contributed by atoms with Crippen molar-refractivity contribution in [2.24, 2.45) is 0 Å². The van der Waals surface area contributed by atoms with E-state index in [1.165, 1.54) is 6.07 Å². The fraction of sp³-hybridized carbons (Fsp3) is 0.217. The number of hydrogen-bond acceptors (Lipinski definition) is 6. The number of nitrogens with zero attached hydrogens (tertiary/aromatic N) is 6. The summed E-state index contributed by atoms with van der Waals surface area (Å²) >= 11 is 6.01. The molecule has 7 nitrogen and oxygen atoms in total. The van der Waals surface area contributed by atoms with Gasteiger partial charge in [-0.3, -0.25) is 0 Å². The van der Waals surface area contributed by atoms with Gasteiger partial charge in [0.05, 0.1) is 6.07 Å². The van der Waals surface area contributed by atoms with Crippen LogP contribution in [0.15, 0.2) is 54.9 Å². The van der Waals surface area contributed by atoms with Crippen molar-refractivity contribution in [2.75, 3.05) is 23.3 Å². The first-order chi connectivity index (χ1) is 16.0. The Morgan fingerprint density at radius 1 is 1.09 bits per heavy atom. The largest absolute Gasteiger partial charge is 0.371 e. The van der Waals surface area contributed by atoms with Crippen LogP contribution in [-0.2, 0) is 0 Å². The number of piperidine rings is 1. The van der Waals surface area contributed by atoms with Gasteiger partial charge in [-0.25, -0.2) is 18.3 Å². The van der Waals surface area contributed by atoms with E-state index in [1.807, 2.05) is 6.07 Å². The van der Waals surface area contributed by atoms with Crippen molar-refractivity contribution in [2.45, 2.75) is 18.4 Å². The van der Waals surface area contributed by atoms with Crippen LogP contribution >= 0.6 is 11.6 Å². The van der Waals surface area contributed by atoms with Gasteiger partial charge in [0.15, 0.2) is 17.3 Å². The van der Waals surface area contributed by atoms with Crippen LogP contribution < -0.4 is 10.2 Å². The molecule has 1 N–H and O–H groups in total. The molecule has 0 aliphatic carbocycles. The third kappa shape index (κ3) is 4.05. The second-order valence-electron chi connectivity index (χ2n) is 7.90. The van der Waals surface area contributed by atoms with Gasteiger partial charge >= 0.3 is 0 Å². The second kappa shape index (κ2) is 8.30. The van der Waals surface area contributed by atoms with Crippen LogP contribution in [-0.4, -0.2) is 38.2 Å². The van der Waals surface area contributed by atoms with Gasteiger partial charge in [0.1, 0.15) is 10.7 Å². The van der Waals surface area contributed by atoms with Crippen molar-refractivity contribution in [3.05, 3.63) is 71.6 Å². The maximum absolute atomic E-state index is 13.8. The molecule has 10 heteroatoms. The molecule has 0 atom stereocenters. The van der Waals surface area contributed by atoms with Crippen molar-refractivity contribution >= 4 is 28.9 Å². The van der Waals surface area contributed by atoms with Crippen LogP contribution in [0.3, 0.4) is 0 Å². The number of halogens is 3. The van der Waals surface area contributed by atoms with Gasteiger partial charge in [0.25, 0.3) is 0 Å². The zero-order valence-electron chi connectivity index (χ0n) is 17.3. The molecule has 0 radical (unpaired) electrons. The van der Waals surface area contributed by atoms with Crippen LogP contribution in [0.5, 0.6) is 0 Å². The maximum atomic E-state index is 13.8. The number of rotatable bonds is 4. The Labute approximate surface area is 193 Å². The lowest BCUT2D eigenvalue weighted by molar-refractivity contribution is 0.442. The summed E-state index contributed by atoms with van der Waals surface area (Å²) in [6.45, 7) is 1.29. The molecular formula is C23H18ClF2N7. The molecule has 0 saturated carbocycles. The van der Waals surface area contributed by atoms with Gasteiger partial charge in [0.2, 0.25) is 5.95 Å². The average Bonchev–Trinajstić information content (AvgIpc) is 3.23.